The van der Waals surface area contributed by atoms with Crippen molar-refractivity contribution in [2.75, 3.05) is 28.6 Å². The van der Waals surface area contributed by atoms with Gasteiger partial charge in [-0.25, -0.2) is 0 Å². The molecule has 0 unspecified atom stereocenters. The molecular weight excluding hydrogens is 314 g/mol. The molecule has 0 saturated carbocycles. The third-order valence-corrected chi connectivity index (χ3v) is 4.31. The molecule has 5 heteroatoms. The molecule has 5 nitrogen and oxygen atoms in total. The summed E-state index contributed by atoms with van der Waals surface area (Å²) in [5.74, 6) is -0.300. The van der Waals surface area contributed by atoms with Crippen molar-refractivity contribution in [3.05, 3.63) is 54.1 Å². The third-order valence-electron chi connectivity index (χ3n) is 4.31. The first kappa shape index (κ1) is 17.0. The molecule has 1 saturated heterocycles. The Kier molecular flexibility index (Phi) is 5.33. The first-order valence-corrected chi connectivity index (χ1v) is 8.66. The van der Waals surface area contributed by atoms with Gasteiger partial charge in [0.05, 0.1) is 0 Å². The number of hydrogen-bond donors (Lipinski definition) is 2. The summed E-state index contributed by atoms with van der Waals surface area (Å²) >= 11 is 0. The Bertz CT molecular complexity index is 733. The van der Waals surface area contributed by atoms with Gasteiger partial charge in [0.1, 0.15) is 0 Å². The number of amides is 2. The van der Waals surface area contributed by atoms with Crippen molar-refractivity contribution < 1.29 is 9.59 Å². The van der Waals surface area contributed by atoms with Crippen LogP contribution in [0, 0.1) is 0 Å². The number of carbonyl (C=O) groups excluding carboxylic acids is 2. The second kappa shape index (κ2) is 7.83. The van der Waals surface area contributed by atoms with E-state index in [2.05, 4.69) is 27.7 Å². The number of carbonyl (C=O) groups is 2. The number of nitrogens with one attached hydrogen (secondary N) is 2. The minimum absolute atomic E-state index is 0.133. The number of piperidine rings is 1. The molecule has 2 aromatic rings. The lowest BCUT2D eigenvalue weighted by Gasteiger charge is -2.28. The molecule has 1 aliphatic rings. The molecule has 0 atom stereocenters. The summed E-state index contributed by atoms with van der Waals surface area (Å²) in [6.45, 7) is 3.66. The van der Waals surface area contributed by atoms with Gasteiger partial charge in [-0.2, -0.15) is 0 Å². The Hall–Kier alpha value is -2.82. The van der Waals surface area contributed by atoms with E-state index in [-0.39, 0.29) is 11.8 Å². The minimum Gasteiger partial charge on any atom is -0.372 e. The van der Waals surface area contributed by atoms with Gasteiger partial charge in [0.15, 0.2) is 0 Å². The molecule has 1 heterocycles. The molecule has 0 spiro atoms. The van der Waals surface area contributed by atoms with Crippen molar-refractivity contribution in [1.82, 2.24) is 0 Å². The van der Waals surface area contributed by atoms with Crippen molar-refractivity contribution in [3.63, 3.8) is 0 Å². The van der Waals surface area contributed by atoms with E-state index in [0.717, 1.165) is 18.8 Å². The lowest BCUT2D eigenvalue weighted by atomic mass is 10.1. The fraction of sp³-hybridized carbons (Fsp3) is 0.300. The van der Waals surface area contributed by atoms with E-state index in [0.29, 0.717) is 11.3 Å². The van der Waals surface area contributed by atoms with Gasteiger partial charge in [-0.15, -0.1) is 0 Å². The minimum atomic E-state index is -0.167. The zero-order valence-electron chi connectivity index (χ0n) is 14.4. The summed E-state index contributed by atoms with van der Waals surface area (Å²) in [4.78, 5) is 25.7. The van der Waals surface area contributed by atoms with Gasteiger partial charge in [0.25, 0.3) is 5.91 Å². The normalized spacial score (nSPS) is 14.0. The van der Waals surface area contributed by atoms with Crippen molar-refractivity contribution >= 4 is 28.9 Å². The zero-order chi connectivity index (χ0) is 17.6. The SMILES string of the molecule is CC(=O)Nc1ccc(C(=O)Nc2ccc(N3CCCCC3)cc2)cc1. The zero-order valence-corrected chi connectivity index (χ0v) is 14.4. The number of benzene rings is 2. The Morgan fingerprint density at radius 3 is 1.96 bits per heavy atom. The maximum atomic E-state index is 12.3. The summed E-state index contributed by atoms with van der Waals surface area (Å²) in [5, 5.41) is 5.59. The Balaban J connectivity index is 1.61. The van der Waals surface area contributed by atoms with Gasteiger partial charge in [-0.1, -0.05) is 0 Å². The summed E-state index contributed by atoms with van der Waals surface area (Å²) in [7, 11) is 0. The standard InChI is InChI=1S/C20H23N3O2/c1-15(24)21-17-7-5-16(6-8-17)20(25)22-18-9-11-19(12-10-18)23-13-3-2-4-14-23/h5-12H,2-4,13-14H2,1H3,(H,21,24)(H,22,25). The summed E-state index contributed by atoms with van der Waals surface area (Å²) < 4.78 is 0. The predicted molar refractivity (Wildman–Crippen MR) is 101 cm³/mol. The van der Waals surface area contributed by atoms with E-state index < -0.39 is 0 Å². The maximum Gasteiger partial charge on any atom is 0.255 e. The first-order chi connectivity index (χ1) is 12.1. The van der Waals surface area contributed by atoms with E-state index in [9.17, 15) is 9.59 Å². The predicted octanol–water partition coefficient (Wildman–Crippen LogP) is 3.89. The molecule has 2 aromatic carbocycles. The molecule has 0 aromatic heterocycles. The first-order valence-electron chi connectivity index (χ1n) is 8.66. The van der Waals surface area contributed by atoms with Crippen LogP contribution in [0.3, 0.4) is 0 Å². The van der Waals surface area contributed by atoms with Crippen LogP contribution >= 0.6 is 0 Å². The van der Waals surface area contributed by atoms with Crippen LogP contribution in [-0.4, -0.2) is 24.9 Å². The van der Waals surface area contributed by atoms with Crippen molar-refractivity contribution in [2.24, 2.45) is 0 Å². The van der Waals surface area contributed by atoms with Crippen LogP contribution in [0.1, 0.15) is 36.5 Å². The molecule has 1 fully saturated rings. The average molecular weight is 337 g/mol. The number of rotatable bonds is 4. The van der Waals surface area contributed by atoms with E-state index in [1.807, 2.05) is 12.1 Å². The van der Waals surface area contributed by atoms with E-state index in [1.165, 1.54) is 31.9 Å². The highest BCUT2D eigenvalue weighted by molar-refractivity contribution is 6.04. The van der Waals surface area contributed by atoms with Crippen LogP contribution in [0.25, 0.3) is 0 Å². The smallest absolute Gasteiger partial charge is 0.255 e. The van der Waals surface area contributed by atoms with Crippen molar-refractivity contribution in [2.45, 2.75) is 26.2 Å². The van der Waals surface area contributed by atoms with Crippen LogP contribution in [0.15, 0.2) is 48.5 Å². The van der Waals surface area contributed by atoms with Crippen LogP contribution in [0.5, 0.6) is 0 Å². The summed E-state index contributed by atoms with van der Waals surface area (Å²) in [5.41, 5.74) is 3.21. The lowest BCUT2D eigenvalue weighted by molar-refractivity contribution is -0.114. The molecule has 2 N–H and O–H groups in total. The molecule has 0 radical (unpaired) electrons. The summed E-state index contributed by atoms with van der Waals surface area (Å²) in [6.07, 6.45) is 3.80. The van der Waals surface area contributed by atoms with Gasteiger partial charge in [0, 0.05) is 42.6 Å². The fourth-order valence-corrected chi connectivity index (χ4v) is 3.02. The largest absolute Gasteiger partial charge is 0.372 e. The molecule has 25 heavy (non-hydrogen) atoms. The van der Waals surface area contributed by atoms with E-state index in [4.69, 9.17) is 0 Å². The second-order valence-corrected chi connectivity index (χ2v) is 6.31. The highest BCUT2D eigenvalue weighted by atomic mass is 16.2. The van der Waals surface area contributed by atoms with Gasteiger partial charge in [-0.05, 0) is 67.8 Å². The Labute approximate surface area is 148 Å². The topological polar surface area (TPSA) is 61.4 Å². The molecule has 0 bridgehead atoms. The van der Waals surface area contributed by atoms with Crippen molar-refractivity contribution in [1.29, 1.82) is 0 Å². The van der Waals surface area contributed by atoms with Gasteiger partial charge in [-0.3, -0.25) is 9.59 Å². The van der Waals surface area contributed by atoms with E-state index in [1.54, 1.807) is 24.3 Å². The molecular formula is C20H23N3O2. The quantitative estimate of drug-likeness (QED) is 0.890. The van der Waals surface area contributed by atoms with Crippen LogP contribution in [0.4, 0.5) is 17.1 Å². The van der Waals surface area contributed by atoms with Gasteiger partial charge >= 0.3 is 0 Å². The average Bonchev–Trinajstić information content (AvgIpc) is 2.63. The highest BCUT2D eigenvalue weighted by Gasteiger charge is 2.11. The molecule has 3 rings (SSSR count). The van der Waals surface area contributed by atoms with Crippen LogP contribution in [0.2, 0.25) is 0 Å². The summed E-state index contributed by atoms with van der Waals surface area (Å²) in [6, 6.07) is 14.8. The van der Waals surface area contributed by atoms with Gasteiger partial charge in [0.2, 0.25) is 5.91 Å². The molecule has 2 amide bonds. The fourth-order valence-electron chi connectivity index (χ4n) is 3.02. The van der Waals surface area contributed by atoms with Crippen LogP contribution in [-0.2, 0) is 4.79 Å². The number of hydrogen-bond acceptors (Lipinski definition) is 3. The molecule has 130 valence electrons. The highest BCUT2D eigenvalue weighted by Crippen LogP contribution is 2.22. The van der Waals surface area contributed by atoms with Crippen molar-refractivity contribution in [3.8, 4) is 0 Å². The van der Waals surface area contributed by atoms with E-state index >= 15 is 0 Å². The lowest BCUT2D eigenvalue weighted by Crippen LogP contribution is -2.29. The molecule has 0 aliphatic carbocycles. The molecule has 1 aliphatic heterocycles. The number of nitrogens with zero attached hydrogens (tertiary/aromatic N) is 1. The third kappa shape index (κ3) is 4.59. The monoisotopic (exact) mass is 337 g/mol. The Morgan fingerprint density at radius 2 is 1.36 bits per heavy atom. The van der Waals surface area contributed by atoms with Crippen LogP contribution < -0.4 is 15.5 Å². The second-order valence-electron chi connectivity index (χ2n) is 6.31. The number of anilines is 3. The van der Waals surface area contributed by atoms with Gasteiger partial charge < -0.3 is 15.5 Å². The Morgan fingerprint density at radius 1 is 0.800 bits per heavy atom. The maximum absolute atomic E-state index is 12.3.